The van der Waals surface area contributed by atoms with E-state index >= 15 is 0 Å². The SMILES string of the molecule is O=S(=O)(c1ccc(NCC2COc3ccccc3O2)cc1)C(F)F. The van der Waals surface area contributed by atoms with Gasteiger partial charge in [-0.05, 0) is 36.4 Å². The fourth-order valence-electron chi connectivity index (χ4n) is 2.26. The molecule has 1 atom stereocenters. The van der Waals surface area contributed by atoms with E-state index in [1.165, 1.54) is 12.1 Å². The number of ether oxygens (including phenoxy) is 2. The van der Waals surface area contributed by atoms with Crippen molar-refractivity contribution in [3.05, 3.63) is 48.5 Å². The first kappa shape index (κ1) is 16.5. The summed E-state index contributed by atoms with van der Waals surface area (Å²) < 4.78 is 59.0. The van der Waals surface area contributed by atoms with Crippen molar-refractivity contribution in [3.63, 3.8) is 0 Å². The molecule has 0 fully saturated rings. The lowest BCUT2D eigenvalue weighted by Gasteiger charge is -2.26. The molecule has 8 heteroatoms. The normalized spacial score (nSPS) is 16.9. The van der Waals surface area contributed by atoms with Gasteiger partial charge in [0.25, 0.3) is 0 Å². The van der Waals surface area contributed by atoms with Gasteiger partial charge in [-0.2, -0.15) is 8.78 Å². The van der Waals surface area contributed by atoms with E-state index in [0.717, 1.165) is 12.1 Å². The third-order valence-corrected chi connectivity index (χ3v) is 4.92. The van der Waals surface area contributed by atoms with Crippen molar-refractivity contribution in [2.45, 2.75) is 16.8 Å². The van der Waals surface area contributed by atoms with Crippen molar-refractivity contribution < 1.29 is 26.7 Å². The van der Waals surface area contributed by atoms with Gasteiger partial charge >= 0.3 is 5.76 Å². The number of anilines is 1. The molecule has 3 rings (SSSR count). The van der Waals surface area contributed by atoms with Crippen LogP contribution in [-0.4, -0.2) is 33.4 Å². The van der Waals surface area contributed by atoms with Gasteiger partial charge in [0.2, 0.25) is 9.84 Å². The van der Waals surface area contributed by atoms with Crippen LogP contribution in [0.2, 0.25) is 0 Å². The summed E-state index contributed by atoms with van der Waals surface area (Å²) in [5, 5.41) is 3.07. The topological polar surface area (TPSA) is 64.6 Å². The first-order valence-corrected chi connectivity index (χ1v) is 8.76. The molecule has 0 amide bonds. The van der Waals surface area contributed by atoms with Crippen LogP contribution in [0.25, 0.3) is 0 Å². The van der Waals surface area contributed by atoms with Crippen molar-refractivity contribution in [2.75, 3.05) is 18.5 Å². The van der Waals surface area contributed by atoms with E-state index in [4.69, 9.17) is 9.47 Å². The molecule has 0 bridgehead atoms. The lowest BCUT2D eigenvalue weighted by Crippen LogP contribution is -2.35. The van der Waals surface area contributed by atoms with E-state index < -0.39 is 20.5 Å². The Balaban J connectivity index is 1.60. The van der Waals surface area contributed by atoms with E-state index in [2.05, 4.69) is 5.32 Å². The van der Waals surface area contributed by atoms with Crippen molar-refractivity contribution in [3.8, 4) is 11.5 Å². The van der Waals surface area contributed by atoms with Gasteiger partial charge in [-0.1, -0.05) is 12.1 Å². The molecule has 5 nitrogen and oxygen atoms in total. The zero-order valence-corrected chi connectivity index (χ0v) is 13.3. The maximum atomic E-state index is 12.5. The van der Waals surface area contributed by atoms with Gasteiger partial charge in [0, 0.05) is 5.69 Å². The summed E-state index contributed by atoms with van der Waals surface area (Å²) in [4.78, 5) is -0.408. The predicted octanol–water partition coefficient (Wildman–Crippen LogP) is 2.93. The molecule has 128 valence electrons. The molecule has 2 aromatic carbocycles. The molecule has 0 radical (unpaired) electrons. The number of para-hydroxylation sites is 2. The second-order valence-corrected chi connectivity index (χ2v) is 7.13. The van der Waals surface area contributed by atoms with Crippen molar-refractivity contribution in [1.29, 1.82) is 0 Å². The highest BCUT2D eigenvalue weighted by Gasteiger charge is 2.26. The molecule has 0 saturated carbocycles. The Kier molecular flexibility index (Phi) is 4.57. The summed E-state index contributed by atoms with van der Waals surface area (Å²) in [7, 11) is -4.57. The van der Waals surface area contributed by atoms with Crippen LogP contribution in [0, 0.1) is 0 Å². The Morgan fingerprint density at radius 2 is 1.75 bits per heavy atom. The van der Waals surface area contributed by atoms with Crippen LogP contribution >= 0.6 is 0 Å². The average Bonchev–Trinajstić information content (AvgIpc) is 2.60. The summed E-state index contributed by atoms with van der Waals surface area (Å²) in [6.07, 6.45) is -0.218. The Morgan fingerprint density at radius 3 is 2.42 bits per heavy atom. The maximum absolute atomic E-state index is 12.5. The fourth-order valence-corrected chi connectivity index (χ4v) is 2.98. The number of rotatable bonds is 5. The second kappa shape index (κ2) is 6.64. The quantitative estimate of drug-likeness (QED) is 0.893. The molecule has 1 unspecified atom stereocenters. The molecule has 0 spiro atoms. The molecule has 1 heterocycles. The molecule has 1 aliphatic heterocycles. The molecule has 2 aromatic rings. The molecular formula is C16H15F2NO4S. The molecule has 0 aliphatic carbocycles. The van der Waals surface area contributed by atoms with Crippen molar-refractivity contribution in [2.24, 2.45) is 0 Å². The molecular weight excluding hydrogens is 340 g/mol. The lowest BCUT2D eigenvalue weighted by molar-refractivity contribution is 0.0997. The Hall–Kier alpha value is -2.35. The largest absolute Gasteiger partial charge is 0.486 e. The van der Waals surface area contributed by atoms with E-state index in [0.29, 0.717) is 30.3 Å². The third-order valence-electron chi connectivity index (χ3n) is 3.52. The second-order valence-electron chi connectivity index (χ2n) is 5.21. The van der Waals surface area contributed by atoms with Crippen LogP contribution in [0.3, 0.4) is 0 Å². The Bertz CT molecular complexity index is 809. The van der Waals surface area contributed by atoms with Gasteiger partial charge < -0.3 is 14.8 Å². The summed E-state index contributed by atoms with van der Waals surface area (Å²) in [6.45, 7) is 0.803. The maximum Gasteiger partial charge on any atom is 0.341 e. The number of nitrogens with one attached hydrogen (secondary N) is 1. The Morgan fingerprint density at radius 1 is 1.08 bits per heavy atom. The number of halogens is 2. The standard InChI is InChI=1S/C16H15F2NO4S/c17-16(18)24(20,21)13-7-5-11(6-8-13)19-9-12-10-22-14-3-1-2-4-15(14)23-12/h1-8,12,16,19H,9-10H2. The van der Waals surface area contributed by atoms with Crippen LogP contribution in [0.15, 0.2) is 53.4 Å². The van der Waals surface area contributed by atoms with Crippen LogP contribution in [0.5, 0.6) is 11.5 Å². The zero-order valence-electron chi connectivity index (χ0n) is 12.5. The number of alkyl halides is 2. The minimum atomic E-state index is -4.57. The average molecular weight is 355 g/mol. The van der Waals surface area contributed by atoms with Crippen LogP contribution < -0.4 is 14.8 Å². The van der Waals surface area contributed by atoms with Gasteiger partial charge in [0.05, 0.1) is 11.4 Å². The van der Waals surface area contributed by atoms with Crippen LogP contribution in [-0.2, 0) is 9.84 Å². The Labute approximate surface area is 138 Å². The van der Waals surface area contributed by atoms with Crippen LogP contribution in [0.1, 0.15) is 0 Å². The zero-order chi connectivity index (χ0) is 17.2. The van der Waals surface area contributed by atoms with E-state index in [9.17, 15) is 17.2 Å². The monoisotopic (exact) mass is 355 g/mol. The smallest absolute Gasteiger partial charge is 0.341 e. The first-order chi connectivity index (χ1) is 11.5. The molecule has 24 heavy (non-hydrogen) atoms. The number of fused-ring (bicyclic) bond motifs is 1. The van der Waals surface area contributed by atoms with Gasteiger partial charge in [-0.25, -0.2) is 8.42 Å². The highest BCUT2D eigenvalue weighted by atomic mass is 32.2. The minimum absolute atomic E-state index is 0.218. The van der Waals surface area contributed by atoms with Crippen molar-refractivity contribution in [1.82, 2.24) is 0 Å². The fraction of sp³-hybridized carbons (Fsp3) is 0.250. The van der Waals surface area contributed by atoms with Crippen LogP contribution in [0.4, 0.5) is 14.5 Å². The van der Waals surface area contributed by atoms with Gasteiger partial charge in [-0.3, -0.25) is 0 Å². The highest BCUT2D eigenvalue weighted by molar-refractivity contribution is 7.91. The summed E-state index contributed by atoms with van der Waals surface area (Å²) >= 11 is 0. The number of hydrogen-bond acceptors (Lipinski definition) is 5. The third kappa shape index (κ3) is 3.43. The summed E-state index contributed by atoms with van der Waals surface area (Å²) in [6, 6.07) is 12.5. The first-order valence-electron chi connectivity index (χ1n) is 7.21. The predicted molar refractivity (Wildman–Crippen MR) is 84.5 cm³/mol. The molecule has 0 aromatic heterocycles. The summed E-state index contributed by atoms with van der Waals surface area (Å²) in [5.41, 5.74) is 0.602. The summed E-state index contributed by atoms with van der Waals surface area (Å²) in [5.74, 6) is -2.08. The molecule has 0 saturated heterocycles. The lowest BCUT2D eigenvalue weighted by atomic mass is 10.2. The number of benzene rings is 2. The van der Waals surface area contributed by atoms with E-state index in [-0.39, 0.29) is 6.10 Å². The van der Waals surface area contributed by atoms with Crippen molar-refractivity contribution >= 4 is 15.5 Å². The van der Waals surface area contributed by atoms with Gasteiger partial charge in [0.15, 0.2) is 11.5 Å². The number of sulfone groups is 1. The van der Waals surface area contributed by atoms with Gasteiger partial charge in [0.1, 0.15) is 12.7 Å². The highest BCUT2D eigenvalue weighted by Crippen LogP contribution is 2.31. The molecule has 1 N–H and O–H groups in total. The van der Waals surface area contributed by atoms with E-state index in [1.54, 1.807) is 0 Å². The number of hydrogen-bond donors (Lipinski definition) is 1. The van der Waals surface area contributed by atoms with Gasteiger partial charge in [-0.15, -0.1) is 0 Å². The molecule has 1 aliphatic rings. The minimum Gasteiger partial charge on any atom is -0.486 e. The van der Waals surface area contributed by atoms with E-state index in [1.807, 2.05) is 24.3 Å².